The topological polar surface area (TPSA) is 62.4 Å². The minimum Gasteiger partial charge on any atom is -0.494 e. The number of carbonyl (C=O) groups excluding carboxylic acids is 1. The number of benzene rings is 2. The summed E-state index contributed by atoms with van der Waals surface area (Å²) in [6, 6.07) is 15.6. The lowest BCUT2D eigenvalue weighted by Crippen LogP contribution is -2.39. The lowest BCUT2D eigenvalue weighted by atomic mass is 9.86. The van der Waals surface area contributed by atoms with Crippen LogP contribution in [0.4, 0.5) is 0 Å². The van der Waals surface area contributed by atoms with Crippen LogP contribution in [0.2, 0.25) is 0 Å². The highest BCUT2D eigenvalue weighted by atomic mass is 16.5. The van der Waals surface area contributed by atoms with Crippen molar-refractivity contribution in [1.29, 1.82) is 0 Å². The minimum absolute atomic E-state index is 0.00933. The van der Waals surface area contributed by atoms with Crippen molar-refractivity contribution in [1.82, 2.24) is 9.88 Å². The lowest BCUT2D eigenvalue weighted by Gasteiger charge is -2.29. The van der Waals surface area contributed by atoms with Gasteiger partial charge < -0.3 is 14.6 Å². The van der Waals surface area contributed by atoms with Gasteiger partial charge in [0.1, 0.15) is 5.75 Å². The Kier molecular flexibility index (Phi) is 6.59. The Morgan fingerprint density at radius 3 is 2.39 bits per heavy atom. The number of amides is 1. The summed E-state index contributed by atoms with van der Waals surface area (Å²) in [5.41, 5.74) is 3.12. The number of rotatable bonds is 6. The van der Waals surface area contributed by atoms with E-state index in [4.69, 9.17) is 4.74 Å². The second-order valence-electron chi connectivity index (χ2n) is 10.0. The summed E-state index contributed by atoms with van der Waals surface area (Å²) < 4.78 is 5.62. The number of H-pyrrole nitrogens is 1. The zero-order chi connectivity index (χ0) is 23.6. The fraction of sp³-hybridized carbons (Fsp3) is 0.429. The molecule has 0 atom stereocenters. The van der Waals surface area contributed by atoms with Crippen molar-refractivity contribution in [3.8, 4) is 5.75 Å². The van der Waals surface area contributed by atoms with Crippen LogP contribution in [0.3, 0.4) is 0 Å². The van der Waals surface area contributed by atoms with E-state index in [-0.39, 0.29) is 22.9 Å². The number of pyridine rings is 1. The molecule has 1 N–H and O–H groups in total. The maximum Gasteiger partial charge on any atom is 0.254 e. The van der Waals surface area contributed by atoms with Crippen LogP contribution in [0, 0.1) is 0 Å². The number of aromatic amines is 1. The Morgan fingerprint density at radius 1 is 1.06 bits per heavy atom. The number of aromatic nitrogens is 1. The SMILES string of the molecule is CCOc1ccc2[nH]c(=O)c(CN(C(=O)c3ccc(C(C)(C)C)cc3)C3CCCC3)cc2c1. The third kappa shape index (κ3) is 5.13. The van der Waals surface area contributed by atoms with Gasteiger partial charge in [0.2, 0.25) is 0 Å². The smallest absolute Gasteiger partial charge is 0.254 e. The molecule has 0 bridgehead atoms. The van der Waals surface area contributed by atoms with E-state index in [0.717, 1.165) is 42.3 Å². The van der Waals surface area contributed by atoms with E-state index in [1.807, 2.05) is 60.4 Å². The Labute approximate surface area is 195 Å². The first-order valence-corrected chi connectivity index (χ1v) is 12.0. The number of hydrogen-bond donors (Lipinski definition) is 1. The monoisotopic (exact) mass is 446 g/mol. The van der Waals surface area contributed by atoms with Crippen LogP contribution in [-0.2, 0) is 12.0 Å². The number of hydrogen-bond acceptors (Lipinski definition) is 3. The van der Waals surface area contributed by atoms with E-state index >= 15 is 0 Å². The molecule has 5 nitrogen and oxygen atoms in total. The summed E-state index contributed by atoms with van der Waals surface area (Å²) in [5.74, 6) is 0.760. The van der Waals surface area contributed by atoms with Gasteiger partial charge in [0.05, 0.1) is 13.2 Å². The molecule has 1 aliphatic carbocycles. The first kappa shape index (κ1) is 23.1. The molecule has 2 aromatic carbocycles. The number of ether oxygens (including phenoxy) is 1. The number of fused-ring (bicyclic) bond motifs is 1. The fourth-order valence-electron chi connectivity index (χ4n) is 4.65. The maximum absolute atomic E-state index is 13.6. The molecular formula is C28H34N2O3. The average molecular weight is 447 g/mol. The maximum atomic E-state index is 13.6. The van der Waals surface area contributed by atoms with E-state index in [9.17, 15) is 9.59 Å². The summed E-state index contributed by atoms with van der Waals surface area (Å²) in [5, 5.41) is 0.906. The molecule has 1 saturated carbocycles. The lowest BCUT2D eigenvalue weighted by molar-refractivity contribution is 0.0663. The molecule has 1 fully saturated rings. The third-order valence-corrected chi connectivity index (χ3v) is 6.57. The fourth-order valence-corrected chi connectivity index (χ4v) is 4.65. The largest absolute Gasteiger partial charge is 0.494 e. The summed E-state index contributed by atoms with van der Waals surface area (Å²) in [6.07, 6.45) is 4.18. The van der Waals surface area contributed by atoms with Crippen molar-refractivity contribution >= 4 is 16.8 Å². The van der Waals surface area contributed by atoms with Gasteiger partial charge in [-0.05, 0) is 67.1 Å². The third-order valence-electron chi connectivity index (χ3n) is 6.57. The van der Waals surface area contributed by atoms with Crippen LogP contribution in [-0.4, -0.2) is 28.4 Å². The molecule has 33 heavy (non-hydrogen) atoms. The summed E-state index contributed by atoms with van der Waals surface area (Å²) >= 11 is 0. The molecule has 1 amide bonds. The van der Waals surface area contributed by atoms with Crippen molar-refractivity contribution in [2.24, 2.45) is 0 Å². The number of carbonyl (C=O) groups is 1. The Morgan fingerprint density at radius 2 is 1.76 bits per heavy atom. The highest BCUT2D eigenvalue weighted by Gasteiger charge is 2.28. The summed E-state index contributed by atoms with van der Waals surface area (Å²) in [6.45, 7) is 9.32. The molecule has 0 spiro atoms. The van der Waals surface area contributed by atoms with Gasteiger partial charge in [0.25, 0.3) is 11.5 Å². The minimum atomic E-state index is -0.148. The second kappa shape index (κ2) is 9.42. The van der Waals surface area contributed by atoms with Crippen LogP contribution < -0.4 is 10.3 Å². The van der Waals surface area contributed by atoms with Crippen LogP contribution in [0.25, 0.3) is 10.9 Å². The summed E-state index contributed by atoms with van der Waals surface area (Å²) in [4.78, 5) is 31.4. The Bertz CT molecular complexity index is 1180. The highest BCUT2D eigenvalue weighted by Crippen LogP contribution is 2.28. The van der Waals surface area contributed by atoms with Crippen LogP contribution in [0.1, 0.15) is 74.9 Å². The average Bonchev–Trinajstić information content (AvgIpc) is 3.32. The first-order chi connectivity index (χ1) is 15.8. The molecule has 1 heterocycles. The van der Waals surface area contributed by atoms with E-state index in [1.165, 1.54) is 5.56 Å². The molecule has 3 aromatic rings. The van der Waals surface area contributed by atoms with Crippen LogP contribution in [0.15, 0.2) is 53.3 Å². The van der Waals surface area contributed by atoms with Gasteiger partial charge in [0, 0.05) is 28.1 Å². The van der Waals surface area contributed by atoms with Crippen LogP contribution in [0.5, 0.6) is 5.75 Å². The van der Waals surface area contributed by atoms with Crippen molar-refractivity contribution in [2.45, 2.75) is 71.4 Å². The van der Waals surface area contributed by atoms with E-state index in [0.29, 0.717) is 24.3 Å². The van der Waals surface area contributed by atoms with Gasteiger partial charge in [-0.3, -0.25) is 9.59 Å². The van der Waals surface area contributed by atoms with E-state index < -0.39 is 0 Å². The molecule has 0 aliphatic heterocycles. The van der Waals surface area contributed by atoms with Gasteiger partial charge in [-0.15, -0.1) is 0 Å². The predicted molar refractivity (Wildman–Crippen MR) is 133 cm³/mol. The highest BCUT2D eigenvalue weighted by molar-refractivity contribution is 5.94. The number of nitrogens with zero attached hydrogens (tertiary/aromatic N) is 1. The molecule has 0 saturated heterocycles. The van der Waals surface area contributed by atoms with E-state index in [1.54, 1.807) is 0 Å². The van der Waals surface area contributed by atoms with Gasteiger partial charge in [-0.25, -0.2) is 0 Å². The molecule has 0 radical (unpaired) electrons. The molecule has 0 unspecified atom stereocenters. The van der Waals surface area contributed by atoms with Crippen molar-refractivity contribution in [2.75, 3.05) is 6.61 Å². The van der Waals surface area contributed by atoms with Gasteiger partial charge in [-0.2, -0.15) is 0 Å². The zero-order valence-corrected chi connectivity index (χ0v) is 20.1. The van der Waals surface area contributed by atoms with Crippen molar-refractivity contribution < 1.29 is 9.53 Å². The second-order valence-corrected chi connectivity index (χ2v) is 10.0. The summed E-state index contributed by atoms with van der Waals surface area (Å²) in [7, 11) is 0. The van der Waals surface area contributed by atoms with Crippen LogP contribution >= 0.6 is 0 Å². The molecular weight excluding hydrogens is 412 g/mol. The molecule has 5 heteroatoms. The quantitative estimate of drug-likeness (QED) is 0.520. The zero-order valence-electron chi connectivity index (χ0n) is 20.1. The molecule has 174 valence electrons. The molecule has 1 aliphatic rings. The number of nitrogens with one attached hydrogen (secondary N) is 1. The first-order valence-electron chi connectivity index (χ1n) is 12.0. The standard InChI is InChI=1S/C28H34N2O3/c1-5-33-24-14-15-25-20(17-24)16-21(26(31)29-25)18-30(23-8-6-7-9-23)27(32)19-10-12-22(13-11-19)28(2,3)4/h10-17,23H,5-9,18H2,1-4H3,(H,29,31). The van der Waals surface area contributed by atoms with Crippen molar-refractivity contribution in [3.63, 3.8) is 0 Å². The molecule has 4 rings (SSSR count). The normalized spacial score (nSPS) is 14.5. The Hall–Kier alpha value is -3.08. The Balaban J connectivity index is 1.66. The van der Waals surface area contributed by atoms with Crippen molar-refractivity contribution in [3.05, 3.63) is 75.6 Å². The van der Waals surface area contributed by atoms with Gasteiger partial charge >= 0.3 is 0 Å². The predicted octanol–water partition coefficient (Wildman–Crippen LogP) is 5.81. The molecule has 1 aromatic heterocycles. The van der Waals surface area contributed by atoms with E-state index in [2.05, 4.69) is 25.8 Å². The van der Waals surface area contributed by atoms with Gasteiger partial charge in [0.15, 0.2) is 0 Å². The van der Waals surface area contributed by atoms with Gasteiger partial charge in [-0.1, -0.05) is 45.7 Å².